The maximum absolute atomic E-state index is 2.52. The molecular formula is C50H42S4. The van der Waals surface area contributed by atoms with Gasteiger partial charge in [0.1, 0.15) is 0 Å². The Labute approximate surface area is 337 Å². The van der Waals surface area contributed by atoms with Crippen molar-refractivity contribution < 1.29 is 0 Å². The van der Waals surface area contributed by atoms with E-state index in [0.717, 1.165) is 6.42 Å². The van der Waals surface area contributed by atoms with Crippen LogP contribution in [0.1, 0.15) is 63.3 Å². The average Bonchev–Trinajstić information content (AvgIpc) is 3.44. The fourth-order valence-corrected chi connectivity index (χ4v) is 15.9. The molecule has 0 bridgehead atoms. The van der Waals surface area contributed by atoms with Crippen molar-refractivity contribution in [3.8, 4) is 33.4 Å². The Morgan fingerprint density at radius 3 is 2.00 bits per heavy atom. The predicted octanol–water partition coefficient (Wildman–Crippen LogP) is 14.4. The summed E-state index contributed by atoms with van der Waals surface area (Å²) in [6.07, 6.45) is 15.7. The Balaban J connectivity index is 0.898. The van der Waals surface area contributed by atoms with E-state index in [2.05, 4.69) is 192 Å². The molecule has 0 nitrogen and oxygen atoms in total. The molecule has 5 aromatic carbocycles. The van der Waals surface area contributed by atoms with Gasteiger partial charge in [0.25, 0.3) is 0 Å². The molecule has 5 aromatic rings. The minimum Gasteiger partial charge on any atom is -0.143 e. The summed E-state index contributed by atoms with van der Waals surface area (Å²) in [5.41, 5.74) is 16.8. The SMILES string of the molecule is CC1(C)C2=C(c3ccc(-c4ccc(-c5ccc6c(c5)C(C)(C)c5ccc7c(c5-6)Sc5ccccc5S7)cc4)cc31)C1SC3C=CCC=CC3(C)SC1C=C2. The molecular weight excluding hydrogens is 729 g/mol. The molecule has 0 radical (unpaired) electrons. The second kappa shape index (κ2) is 12.0. The van der Waals surface area contributed by atoms with Gasteiger partial charge in [0.15, 0.2) is 0 Å². The molecule has 4 aliphatic carbocycles. The largest absolute Gasteiger partial charge is 0.143 e. The Morgan fingerprint density at radius 2 is 1.26 bits per heavy atom. The first kappa shape index (κ1) is 33.8. The van der Waals surface area contributed by atoms with E-state index in [-0.39, 0.29) is 15.6 Å². The number of allylic oxidation sites excluding steroid dienone is 4. The molecule has 1 fully saturated rings. The van der Waals surface area contributed by atoms with Gasteiger partial charge in [-0.15, -0.1) is 23.5 Å². The van der Waals surface area contributed by atoms with Crippen molar-refractivity contribution in [2.24, 2.45) is 0 Å². The normalized spacial score (nSPS) is 25.8. The molecule has 0 amide bonds. The number of rotatable bonds is 2. The smallest absolute Gasteiger partial charge is 0.0471 e. The first-order valence-electron chi connectivity index (χ1n) is 19.2. The fourth-order valence-electron chi connectivity index (χ4n) is 9.86. The van der Waals surface area contributed by atoms with E-state index in [9.17, 15) is 0 Å². The van der Waals surface area contributed by atoms with Crippen LogP contribution in [-0.2, 0) is 10.8 Å². The predicted molar refractivity (Wildman–Crippen MR) is 236 cm³/mol. The van der Waals surface area contributed by atoms with Crippen LogP contribution in [0.2, 0.25) is 0 Å². The molecule has 11 rings (SSSR count). The van der Waals surface area contributed by atoms with Crippen LogP contribution in [0.4, 0.5) is 0 Å². The first-order valence-corrected chi connectivity index (χ1v) is 22.7. The lowest BCUT2D eigenvalue weighted by atomic mass is 9.79. The molecule has 0 spiro atoms. The molecule has 6 aliphatic rings. The highest BCUT2D eigenvalue weighted by Gasteiger charge is 2.50. The summed E-state index contributed by atoms with van der Waals surface area (Å²) in [6.45, 7) is 12.1. The maximum atomic E-state index is 2.52. The summed E-state index contributed by atoms with van der Waals surface area (Å²) >= 11 is 8.20. The first-order chi connectivity index (χ1) is 26.1. The van der Waals surface area contributed by atoms with Crippen LogP contribution in [0.25, 0.3) is 39.0 Å². The van der Waals surface area contributed by atoms with Gasteiger partial charge in [-0.25, -0.2) is 0 Å². The molecule has 0 saturated carbocycles. The third kappa shape index (κ3) is 4.89. The van der Waals surface area contributed by atoms with Crippen molar-refractivity contribution in [3.63, 3.8) is 0 Å². The average molecular weight is 771 g/mol. The minimum absolute atomic E-state index is 0.0259. The van der Waals surface area contributed by atoms with Crippen LogP contribution >= 0.6 is 47.0 Å². The second-order valence-electron chi connectivity index (χ2n) is 16.8. The number of hydrogen-bond donors (Lipinski definition) is 0. The number of benzene rings is 5. The molecule has 1 saturated heterocycles. The van der Waals surface area contributed by atoms with Crippen molar-refractivity contribution in [3.05, 3.63) is 161 Å². The molecule has 4 unspecified atom stereocenters. The Morgan fingerprint density at radius 1 is 0.593 bits per heavy atom. The lowest BCUT2D eigenvalue weighted by Gasteiger charge is -2.46. The van der Waals surface area contributed by atoms with E-state index in [0.29, 0.717) is 15.7 Å². The van der Waals surface area contributed by atoms with Gasteiger partial charge in [0.2, 0.25) is 0 Å². The van der Waals surface area contributed by atoms with Crippen LogP contribution in [0, 0.1) is 0 Å². The van der Waals surface area contributed by atoms with Crippen LogP contribution < -0.4 is 0 Å². The maximum Gasteiger partial charge on any atom is 0.0471 e. The zero-order chi connectivity index (χ0) is 36.6. The molecule has 0 N–H and O–H groups in total. The van der Waals surface area contributed by atoms with E-state index in [1.807, 2.05) is 23.5 Å². The lowest BCUT2D eigenvalue weighted by Crippen LogP contribution is -2.43. The van der Waals surface area contributed by atoms with E-state index in [4.69, 9.17) is 0 Å². The van der Waals surface area contributed by atoms with Crippen LogP contribution in [0.5, 0.6) is 0 Å². The number of fused-ring (bicyclic) bond motifs is 11. The van der Waals surface area contributed by atoms with Gasteiger partial charge in [-0.05, 0) is 105 Å². The third-order valence-corrected chi connectivity index (χ3v) is 19.1. The van der Waals surface area contributed by atoms with Crippen molar-refractivity contribution in [2.45, 2.75) is 91.9 Å². The summed E-state index contributed by atoms with van der Waals surface area (Å²) in [7, 11) is 0. The topological polar surface area (TPSA) is 0 Å². The van der Waals surface area contributed by atoms with Gasteiger partial charge in [0.05, 0.1) is 0 Å². The quantitative estimate of drug-likeness (QED) is 0.161. The third-order valence-electron chi connectivity index (χ3n) is 12.9. The van der Waals surface area contributed by atoms with Crippen LogP contribution in [0.3, 0.4) is 0 Å². The Kier molecular flexibility index (Phi) is 7.49. The Bertz CT molecular complexity index is 2560. The number of hydrogen-bond acceptors (Lipinski definition) is 4. The number of thioether (sulfide) groups is 2. The summed E-state index contributed by atoms with van der Waals surface area (Å²) in [5.74, 6) is 0. The van der Waals surface area contributed by atoms with E-state index in [1.54, 1.807) is 5.57 Å². The Hall–Kier alpha value is -3.54. The monoisotopic (exact) mass is 770 g/mol. The summed E-state index contributed by atoms with van der Waals surface area (Å²) < 4.78 is 0.140. The molecule has 2 aliphatic heterocycles. The highest BCUT2D eigenvalue weighted by atomic mass is 32.2. The van der Waals surface area contributed by atoms with Gasteiger partial charge >= 0.3 is 0 Å². The standard InChI is InChI=1S/C50H42S4/c1-48(2)35-22-24-41-46(52-40-12-9-8-11-39(40)51-41)44(35)33-20-18-31(27-37(33)48)29-14-16-30(17-15-29)32-19-21-34-38(28-32)49(3,4)36-23-25-42-47(45(34)36)53-43-13-7-6-10-26-50(43,5)54-42/h7-28,42-43,47H,6H2,1-5H3. The van der Waals surface area contributed by atoms with Crippen LogP contribution in [0.15, 0.2) is 159 Å². The van der Waals surface area contributed by atoms with Gasteiger partial charge < -0.3 is 0 Å². The highest BCUT2D eigenvalue weighted by molar-refractivity contribution is 8.09. The van der Waals surface area contributed by atoms with Gasteiger partial charge in [-0.2, -0.15) is 0 Å². The van der Waals surface area contributed by atoms with Crippen molar-refractivity contribution in [1.82, 2.24) is 0 Å². The van der Waals surface area contributed by atoms with Crippen LogP contribution in [-0.4, -0.2) is 20.5 Å². The summed E-state index contributed by atoms with van der Waals surface area (Å²) in [4.78, 5) is 5.51. The van der Waals surface area contributed by atoms with Gasteiger partial charge in [0, 0.05) is 56.5 Å². The van der Waals surface area contributed by atoms with E-state index in [1.165, 1.54) is 80.8 Å². The van der Waals surface area contributed by atoms with Crippen molar-refractivity contribution >= 4 is 52.6 Å². The molecule has 4 heteroatoms. The van der Waals surface area contributed by atoms with E-state index < -0.39 is 0 Å². The van der Waals surface area contributed by atoms with Crippen molar-refractivity contribution in [1.29, 1.82) is 0 Å². The fraction of sp³-hybridized carbons (Fsp3) is 0.240. The zero-order valence-electron chi connectivity index (χ0n) is 31.3. The molecule has 54 heavy (non-hydrogen) atoms. The summed E-state index contributed by atoms with van der Waals surface area (Å²) in [6, 6.07) is 37.4. The lowest BCUT2D eigenvalue weighted by molar-refractivity contribution is 0.651. The molecule has 0 aromatic heterocycles. The van der Waals surface area contributed by atoms with Crippen molar-refractivity contribution in [2.75, 3.05) is 0 Å². The molecule has 266 valence electrons. The van der Waals surface area contributed by atoms with Gasteiger partial charge in [-0.1, -0.05) is 154 Å². The minimum atomic E-state index is -0.0601. The summed E-state index contributed by atoms with van der Waals surface area (Å²) in [5, 5.41) is 1.45. The zero-order valence-corrected chi connectivity index (χ0v) is 34.5. The van der Waals surface area contributed by atoms with E-state index >= 15 is 0 Å². The molecule has 4 atom stereocenters. The highest BCUT2D eigenvalue weighted by Crippen LogP contribution is 2.61. The molecule has 2 heterocycles. The van der Waals surface area contributed by atoms with Gasteiger partial charge in [-0.3, -0.25) is 0 Å². The second-order valence-corrected chi connectivity index (χ2v) is 21.9.